The summed E-state index contributed by atoms with van der Waals surface area (Å²) in [6, 6.07) is 22.4. The van der Waals surface area contributed by atoms with Crippen LogP contribution in [0.2, 0.25) is 0 Å². The van der Waals surface area contributed by atoms with Gasteiger partial charge in [-0.3, -0.25) is 4.90 Å². The zero-order valence-corrected chi connectivity index (χ0v) is 14.3. The van der Waals surface area contributed by atoms with Crippen molar-refractivity contribution in [2.24, 2.45) is 0 Å². The molecule has 2 aromatic rings. The Kier molecular flexibility index (Phi) is 5.30. The first-order chi connectivity index (χ1) is 11.3. The molecular formula is C22H27N. The van der Waals surface area contributed by atoms with Gasteiger partial charge in [-0.2, -0.15) is 0 Å². The van der Waals surface area contributed by atoms with Gasteiger partial charge in [-0.25, -0.2) is 0 Å². The second-order valence-electron chi connectivity index (χ2n) is 6.35. The van der Waals surface area contributed by atoms with Gasteiger partial charge in [0.1, 0.15) is 0 Å². The second-order valence-corrected chi connectivity index (χ2v) is 6.35. The van der Waals surface area contributed by atoms with Crippen LogP contribution in [0.5, 0.6) is 0 Å². The lowest BCUT2D eigenvalue weighted by Crippen LogP contribution is -2.40. The molecule has 0 amide bonds. The molecule has 1 heteroatoms. The Labute approximate surface area is 140 Å². The largest absolute Gasteiger partial charge is 0.292 e. The predicted molar refractivity (Wildman–Crippen MR) is 99.2 cm³/mol. The number of rotatable bonds is 5. The van der Waals surface area contributed by atoms with Crippen molar-refractivity contribution in [1.82, 2.24) is 4.90 Å². The number of benzene rings is 2. The molecule has 0 radical (unpaired) electrons. The summed E-state index contributed by atoms with van der Waals surface area (Å²) in [5.74, 6) is 0. The van der Waals surface area contributed by atoms with E-state index in [9.17, 15) is 0 Å². The Morgan fingerprint density at radius 1 is 0.913 bits per heavy atom. The van der Waals surface area contributed by atoms with E-state index in [4.69, 9.17) is 0 Å². The molecule has 3 rings (SSSR count). The maximum atomic E-state index is 2.67. The van der Waals surface area contributed by atoms with Crippen molar-refractivity contribution in [3.63, 3.8) is 0 Å². The van der Waals surface area contributed by atoms with Crippen molar-refractivity contribution in [3.05, 3.63) is 77.4 Å². The third-order valence-corrected chi connectivity index (χ3v) is 5.00. The summed E-state index contributed by atoms with van der Waals surface area (Å²) in [5.41, 5.74) is 6.07. The van der Waals surface area contributed by atoms with Crippen LogP contribution in [0.4, 0.5) is 0 Å². The molecule has 0 aliphatic carbocycles. The predicted octanol–water partition coefficient (Wildman–Crippen LogP) is 5.53. The number of nitrogens with zero attached hydrogens (tertiary/aromatic N) is 1. The van der Waals surface area contributed by atoms with E-state index in [2.05, 4.69) is 79.4 Å². The number of hydrogen-bond donors (Lipinski definition) is 0. The molecule has 0 fully saturated rings. The van der Waals surface area contributed by atoms with Crippen LogP contribution < -0.4 is 0 Å². The molecule has 0 N–H and O–H groups in total. The molecule has 0 saturated heterocycles. The Balaban J connectivity index is 1.89. The molecule has 1 unspecified atom stereocenters. The first-order valence-electron chi connectivity index (χ1n) is 8.88. The molecule has 0 saturated carbocycles. The van der Waals surface area contributed by atoms with Gasteiger partial charge in [0.05, 0.1) is 0 Å². The molecule has 1 heterocycles. The Morgan fingerprint density at radius 2 is 1.57 bits per heavy atom. The average molecular weight is 305 g/mol. The monoisotopic (exact) mass is 305 g/mol. The molecule has 1 aliphatic heterocycles. The third kappa shape index (κ3) is 3.56. The van der Waals surface area contributed by atoms with Gasteiger partial charge >= 0.3 is 0 Å². The third-order valence-electron chi connectivity index (χ3n) is 5.00. The zero-order valence-electron chi connectivity index (χ0n) is 14.3. The topological polar surface area (TPSA) is 3.24 Å². The highest BCUT2D eigenvalue weighted by molar-refractivity contribution is 5.70. The van der Waals surface area contributed by atoms with Gasteiger partial charge in [0.2, 0.25) is 0 Å². The van der Waals surface area contributed by atoms with Crippen molar-refractivity contribution in [3.8, 4) is 0 Å². The van der Waals surface area contributed by atoms with Crippen LogP contribution in [0.3, 0.4) is 0 Å². The minimum Gasteiger partial charge on any atom is -0.292 e. The lowest BCUT2D eigenvalue weighted by molar-refractivity contribution is 0.200. The van der Waals surface area contributed by atoms with Crippen molar-refractivity contribution in [2.75, 3.05) is 6.54 Å². The molecule has 23 heavy (non-hydrogen) atoms. The maximum absolute atomic E-state index is 2.67. The van der Waals surface area contributed by atoms with Gasteiger partial charge in [0.15, 0.2) is 0 Å². The fourth-order valence-corrected chi connectivity index (χ4v) is 3.92. The first-order valence-corrected chi connectivity index (χ1v) is 8.88. The summed E-state index contributed by atoms with van der Waals surface area (Å²) in [4.78, 5) is 2.67. The van der Waals surface area contributed by atoms with Crippen molar-refractivity contribution < 1.29 is 0 Å². The zero-order chi connectivity index (χ0) is 16.1. The second kappa shape index (κ2) is 7.61. The summed E-state index contributed by atoms with van der Waals surface area (Å²) in [7, 11) is 0. The first kappa shape index (κ1) is 16.0. The summed E-state index contributed by atoms with van der Waals surface area (Å²) in [6.45, 7) is 6.85. The van der Waals surface area contributed by atoms with E-state index in [1.54, 1.807) is 11.1 Å². The average Bonchev–Trinajstić information content (AvgIpc) is 2.62. The van der Waals surface area contributed by atoms with E-state index in [-0.39, 0.29) is 0 Å². The van der Waals surface area contributed by atoms with Gasteiger partial charge in [-0.1, -0.05) is 74.5 Å². The quantitative estimate of drug-likeness (QED) is 0.701. The summed E-state index contributed by atoms with van der Waals surface area (Å²) >= 11 is 0. The van der Waals surface area contributed by atoms with Gasteiger partial charge in [-0.05, 0) is 41.5 Å². The van der Waals surface area contributed by atoms with Gasteiger partial charge in [-0.15, -0.1) is 0 Å². The normalized spacial score (nSPS) is 19.1. The SMILES string of the molecule is CCC1=C(c2ccccc2)CCN(Cc2ccccc2)C1CC. The van der Waals surface area contributed by atoms with Gasteiger partial charge in [0.25, 0.3) is 0 Å². The van der Waals surface area contributed by atoms with Gasteiger partial charge < -0.3 is 0 Å². The van der Waals surface area contributed by atoms with Crippen LogP contribution in [-0.4, -0.2) is 17.5 Å². The van der Waals surface area contributed by atoms with E-state index in [1.165, 1.54) is 17.5 Å². The molecular weight excluding hydrogens is 278 g/mol. The van der Waals surface area contributed by atoms with Crippen molar-refractivity contribution in [2.45, 2.75) is 45.7 Å². The van der Waals surface area contributed by atoms with E-state index in [0.717, 1.165) is 25.9 Å². The van der Waals surface area contributed by atoms with E-state index in [0.29, 0.717) is 6.04 Å². The standard InChI is InChI=1S/C22H27N/c1-3-20-21(19-13-9-6-10-14-19)15-16-23(22(20)4-2)17-18-11-7-5-8-12-18/h5-14,22H,3-4,15-17H2,1-2H3. The summed E-state index contributed by atoms with van der Waals surface area (Å²) in [6.07, 6.45) is 3.50. The molecule has 2 aromatic carbocycles. The summed E-state index contributed by atoms with van der Waals surface area (Å²) < 4.78 is 0. The highest BCUT2D eigenvalue weighted by Gasteiger charge is 2.27. The molecule has 1 nitrogen and oxygen atoms in total. The Hall–Kier alpha value is -1.86. The van der Waals surface area contributed by atoms with Crippen molar-refractivity contribution in [1.29, 1.82) is 0 Å². The van der Waals surface area contributed by atoms with Crippen LogP contribution >= 0.6 is 0 Å². The molecule has 1 aliphatic rings. The molecule has 0 spiro atoms. The lowest BCUT2D eigenvalue weighted by Gasteiger charge is -2.39. The minimum atomic E-state index is 0.573. The fraction of sp³-hybridized carbons (Fsp3) is 0.364. The molecule has 0 bridgehead atoms. The molecule has 1 atom stereocenters. The van der Waals surface area contributed by atoms with Crippen molar-refractivity contribution >= 4 is 5.57 Å². The van der Waals surface area contributed by atoms with E-state index in [1.807, 2.05) is 0 Å². The fourth-order valence-electron chi connectivity index (χ4n) is 3.92. The highest BCUT2D eigenvalue weighted by atomic mass is 15.2. The summed E-state index contributed by atoms with van der Waals surface area (Å²) in [5, 5.41) is 0. The number of hydrogen-bond acceptors (Lipinski definition) is 1. The van der Waals surface area contributed by atoms with E-state index >= 15 is 0 Å². The van der Waals surface area contributed by atoms with E-state index < -0.39 is 0 Å². The maximum Gasteiger partial charge on any atom is 0.0314 e. The van der Waals surface area contributed by atoms with Crippen LogP contribution in [0, 0.1) is 0 Å². The molecule has 0 aromatic heterocycles. The minimum absolute atomic E-state index is 0.573. The van der Waals surface area contributed by atoms with Gasteiger partial charge in [0, 0.05) is 19.1 Å². The van der Waals surface area contributed by atoms with Crippen LogP contribution in [0.1, 0.15) is 44.2 Å². The Morgan fingerprint density at radius 3 is 2.17 bits per heavy atom. The lowest BCUT2D eigenvalue weighted by atomic mass is 9.85. The smallest absolute Gasteiger partial charge is 0.0314 e. The van der Waals surface area contributed by atoms with Crippen LogP contribution in [-0.2, 0) is 6.54 Å². The van der Waals surface area contributed by atoms with Crippen LogP contribution in [0.15, 0.2) is 66.2 Å². The Bertz CT molecular complexity index is 642. The molecule has 120 valence electrons. The highest BCUT2D eigenvalue weighted by Crippen LogP contribution is 2.35. The van der Waals surface area contributed by atoms with Crippen LogP contribution in [0.25, 0.3) is 5.57 Å².